The fourth-order valence-corrected chi connectivity index (χ4v) is 2.32. The predicted octanol–water partition coefficient (Wildman–Crippen LogP) is 1.25. The second kappa shape index (κ2) is 5.27. The van der Waals surface area contributed by atoms with E-state index in [9.17, 15) is 4.79 Å². The molecule has 92 valence electrons. The highest BCUT2D eigenvalue weighted by atomic mass is 16.1. The van der Waals surface area contributed by atoms with Crippen molar-refractivity contribution in [2.75, 3.05) is 6.54 Å². The number of pyridine rings is 1. The van der Waals surface area contributed by atoms with Gasteiger partial charge in [0, 0.05) is 25.0 Å². The summed E-state index contributed by atoms with van der Waals surface area (Å²) in [5.74, 6) is 0.372. The Morgan fingerprint density at radius 2 is 2.35 bits per heavy atom. The quantitative estimate of drug-likeness (QED) is 0.825. The minimum atomic E-state index is -0.0553. The van der Waals surface area contributed by atoms with Gasteiger partial charge in [0.15, 0.2) is 0 Å². The van der Waals surface area contributed by atoms with Crippen molar-refractivity contribution in [1.29, 1.82) is 0 Å². The molecule has 0 aromatic carbocycles. The third-order valence-corrected chi connectivity index (χ3v) is 3.38. The minimum absolute atomic E-state index is 0.0553. The topological polar surface area (TPSA) is 68.0 Å². The van der Waals surface area contributed by atoms with E-state index in [-0.39, 0.29) is 11.9 Å². The summed E-state index contributed by atoms with van der Waals surface area (Å²) >= 11 is 0. The molecule has 2 unspecified atom stereocenters. The summed E-state index contributed by atoms with van der Waals surface area (Å²) in [4.78, 5) is 15.9. The summed E-state index contributed by atoms with van der Waals surface area (Å²) in [5.41, 5.74) is 7.58. The van der Waals surface area contributed by atoms with E-state index >= 15 is 0 Å². The average molecular weight is 233 g/mol. The van der Waals surface area contributed by atoms with Crippen molar-refractivity contribution in [1.82, 2.24) is 10.3 Å². The molecule has 1 amide bonds. The van der Waals surface area contributed by atoms with Gasteiger partial charge >= 0.3 is 0 Å². The van der Waals surface area contributed by atoms with Crippen LogP contribution >= 0.6 is 0 Å². The number of carbonyl (C=O) groups is 1. The summed E-state index contributed by atoms with van der Waals surface area (Å²) in [6.07, 6.45) is 6.70. The van der Waals surface area contributed by atoms with Crippen LogP contribution in [0.25, 0.3) is 0 Å². The summed E-state index contributed by atoms with van der Waals surface area (Å²) < 4.78 is 0. The highest BCUT2D eigenvalue weighted by Gasteiger charge is 2.24. The van der Waals surface area contributed by atoms with Crippen LogP contribution in [0.2, 0.25) is 0 Å². The summed E-state index contributed by atoms with van der Waals surface area (Å²) in [6, 6.07) is 2.09. The van der Waals surface area contributed by atoms with Crippen LogP contribution in [0.1, 0.15) is 35.2 Å². The van der Waals surface area contributed by atoms with Crippen molar-refractivity contribution < 1.29 is 4.79 Å². The monoisotopic (exact) mass is 233 g/mol. The Morgan fingerprint density at radius 1 is 1.53 bits per heavy atom. The van der Waals surface area contributed by atoms with Gasteiger partial charge in [-0.1, -0.05) is 6.42 Å². The first kappa shape index (κ1) is 12.0. The normalized spacial score (nSPS) is 23.6. The molecule has 1 heterocycles. The lowest BCUT2D eigenvalue weighted by Gasteiger charge is -2.15. The molecule has 2 rings (SSSR count). The molecule has 0 saturated heterocycles. The first-order valence-corrected chi connectivity index (χ1v) is 6.12. The molecule has 1 aliphatic rings. The minimum Gasteiger partial charge on any atom is -0.352 e. The number of amides is 1. The zero-order valence-electron chi connectivity index (χ0n) is 10.1. The van der Waals surface area contributed by atoms with Gasteiger partial charge in [-0.15, -0.1) is 0 Å². The molecule has 0 spiro atoms. The van der Waals surface area contributed by atoms with Gasteiger partial charge in [0.05, 0.1) is 5.56 Å². The molecule has 1 aliphatic carbocycles. The number of rotatable bonds is 3. The number of carbonyl (C=O) groups excluding carboxylic acids is 1. The van der Waals surface area contributed by atoms with E-state index in [4.69, 9.17) is 5.73 Å². The number of nitrogens with two attached hydrogens (primary N) is 1. The van der Waals surface area contributed by atoms with Crippen molar-refractivity contribution in [3.05, 3.63) is 29.6 Å². The molecule has 0 bridgehead atoms. The van der Waals surface area contributed by atoms with Crippen molar-refractivity contribution in [2.24, 2.45) is 11.7 Å². The van der Waals surface area contributed by atoms with Crippen LogP contribution in [-0.4, -0.2) is 23.5 Å². The lowest BCUT2D eigenvalue weighted by Crippen LogP contribution is -2.36. The number of hydrogen-bond acceptors (Lipinski definition) is 3. The highest BCUT2D eigenvalue weighted by molar-refractivity contribution is 5.93. The van der Waals surface area contributed by atoms with Gasteiger partial charge in [-0.05, 0) is 37.3 Å². The van der Waals surface area contributed by atoms with Gasteiger partial charge in [-0.25, -0.2) is 0 Å². The van der Waals surface area contributed by atoms with Crippen LogP contribution in [0.5, 0.6) is 0 Å². The van der Waals surface area contributed by atoms with Crippen molar-refractivity contribution in [2.45, 2.75) is 32.2 Å². The Kier molecular flexibility index (Phi) is 3.74. The van der Waals surface area contributed by atoms with E-state index in [1.807, 2.05) is 13.0 Å². The standard InChI is InChI=1S/C13H19N3O/c1-9-5-11(7-15-6-9)13(17)16-8-10-3-2-4-12(10)14/h5-7,10,12H,2-4,8,14H2,1H3,(H,16,17). The molecule has 17 heavy (non-hydrogen) atoms. The van der Waals surface area contributed by atoms with Gasteiger partial charge < -0.3 is 11.1 Å². The van der Waals surface area contributed by atoms with E-state index in [0.717, 1.165) is 18.4 Å². The fourth-order valence-electron chi connectivity index (χ4n) is 2.32. The number of nitrogens with one attached hydrogen (secondary N) is 1. The van der Waals surface area contributed by atoms with Gasteiger partial charge in [0.2, 0.25) is 0 Å². The average Bonchev–Trinajstić information content (AvgIpc) is 2.72. The lowest BCUT2D eigenvalue weighted by atomic mass is 10.0. The molecule has 3 N–H and O–H groups in total. The van der Waals surface area contributed by atoms with Crippen LogP contribution < -0.4 is 11.1 Å². The maximum atomic E-state index is 11.9. The molecule has 0 radical (unpaired) electrons. The highest BCUT2D eigenvalue weighted by Crippen LogP contribution is 2.23. The number of hydrogen-bond donors (Lipinski definition) is 2. The zero-order valence-corrected chi connectivity index (χ0v) is 10.1. The molecule has 1 aromatic rings. The Bertz CT molecular complexity index is 405. The van der Waals surface area contributed by atoms with Gasteiger partial charge in [-0.2, -0.15) is 0 Å². The van der Waals surface area contributed by atoms with E-state index in [0.29, 0.717) is 18.0 Å². The van der Waals surface area contributed by atoms with Crippen molar-refractivity contribution in [3.8, 4) is 0 Å². The van der Waals surface area contributed by atoms with Crippen molar-refractivity contribution >= 4 is 5.91 Å². The molecule has 0 aliphatic heterocycles. The summed E-state index contributed by atoms with van der Waals surface area (Å²) in [5, 5.41) is 2.94. The maximum Gasteiger partial charge on any atom is 0.252 e. The first-order chi connectivity index (χ1) is 8.16. The Labute approximate surface area is 102 Å². The Balaban J connectivity index is 1.89. The van der Waals surface area contributed by atoms with E-state index in [1.54, 1.807) is 12.4 Å². The van der Waals surface area contributed by atoms with Gasteiger partial charge in [0.1, 0.15) is 0 Å². The summed E-state index contributed by atoms with van der Waals surface area (Å²) in [6.45, 7) is 2.60. The molecular weight excluding hydrogens is 214 g/mol. The van der Waals surface area contributed by atoms with E-state index in [1.165, 1.54) is 6.42 Å². The fraction of sp³-hybridized carbons (Fsp3) is 0.538. The maximum absolute atomic E-state index is 11.9. The lowest BCUT2D eigenvalue weighted by molar-refractivity contribution is 0.0946. The second-order valence-electron chi connectivity index (χ2n) is 4.82. The second-order valence-corrected chi connectivity index (χ2v) is 4.82. The molecule has 1 fully saturated rings. The predicted molar refractivity (Wildman–Crippen MR) is 66.6 cm³/mol. The van der Waals surface area contributed by atoms with Crippen molar-refractivity contribution in [3.63, 3.8) is 0 Å². The van der Waals surface area contributed by atoms with Gasteiger partial charge in [-0.3, -0.25) is 9.78 Å². The largest absolute Gasteiger partial charge is 0.352 e. The molecule has 1 aromatic heterocycles. The molecule has 4 heteroatoms. The first-order valence-electron chi connectivity index (χ1n) is 6.12. The van der Waals surface area contributed by atoms with Crippen LogP contribution in [0.3, 0.4) is 0 Å². The van der Waals surface area contributed by atoms with E-state index < -0.39 is 0 Å². The SMILES string of the molecule is Cc1cncc(C(=O)NCC2CCCC2N)c1. The molecular formula is C13H19N3O. The Morgan fingerprint density at radius 3 is 3.00 bits per heavy atom. The third-order valence-electron chi connectivity index (χ3n) is 3.38. The smallest absolute Gasteiger partial charge is 0.252 e. The number of aromatic nitrogens is 1. The molecule has 1 saturated carbocycles. The third kappa shape index (κ3) is 3.03. The molecule has 2 atom stereocenters. The van der Waals surface area contributed by atoms with E-state index in [2.05, 4.69) is 10.3 Å². The van der Waals surface area contributed by atoms with Crippen LogP contribution in [0, 0.1) is 12.8 Å². The number of aryl methyl sites for hydroxylation is 1. The van der Waals surface area contributed by atoms with Gasteiger partial charge in [0.25, 0.3) is 5.91 Å². The number of nitrogens with zero attached hydrogens (tertiary/aromatic N) is 1. The van der Waals surface area contributed by atoms with Crippen LogP contribution in [0.4, 0.5) is 0 Å². The molecule has 4 nitrogen and oxygen atoms in total. The van der Waals surface area contributed by atoms with Crippen LogP contribution in [0.15, 0.2) is 18.5 Å². The summed E-state index contributed by atoms with van der Waals surface area (Å²) in [7, 11) is 0. The Hall–Kier alpha value is -1.42. The van der Waals surface area contributed by atoms with Crippen LogP contribution in [-0.2, 0) is 0 Å². The zero-order chi connectivity index (χ0) is 12.3.